The molecule has 0 saturated carbocycles. The molecule has 7 nitrogen and oxygen atoms in total. The molecule has 0 saturated heterocycles. The standard InChI is InChI=1S/C21H15Cl2F4N5O2/c22-13-10-31(8-11-4-2-1-3-5-11)30-20(13)28-21(33)14-7-6-12(34-14)9-32-17(19(26)27)15(23)16(29-32)18(24)25/h1-7,10,18-19H,8-9H2,(H,28,30,33). The number of carbonyl (C=O) groups is 1. The molecule has 0 bridgehead atoms. The Bertz CT molecular complexity index is 1300. The molecule has 1 N–H and O–H groups in total. The van der Waals surface area contributed by atoms with Crippen LogP contribution in [0.25, 0.3) is 0 Å². The average molecular weight is 516 g/mol. The average Bonchev–Trinajstić information content (AvgIpc) is 3.47. The molecule has 34 heavy (non-hydrogen) atoms. The van der Waals surface area contributed by atoms with Crippen molar-refractivity contribution in [1.29, 1.82) is 0 Å². The van der Waals surface area contributed by atoms with Crippen LogP contribution >= 0.6 is 23.2 Å². The van der Waals surface area contributed by atoms with Gasteiger partial charge in [-0.25, -0.2) is 17.6 Å². The fourth-order valence-corrected chi connectivity index (χ4v) is 3.67. The van der Waals surface area contributed by atoms with Crippen molar-refractivity contribution in [3.63, 3.8) is 0 Å². The fraction of sp³-hybridized carbons (Fsp3) is 0.190. The van der Waals surface area contributed by atoms with Crippen LogP contribution in [0.1, 0.15) is 46.1 Å². The minimum atomic E-state index is -3.14. The Morgan fingerprint density at radius 3 is 2.41 bits per heavy atom. The molecule has 0 aliphatic carbocycles. The Labute approximate surface area is 199 Å². The first-order valence-electron chi connectivity index (χ1n) is 9.72. The quantitative estimate of drug-likeness (QED) is 0.283. The predicted molar refractivity (Wildman–Crippen MR) is 116 cm³/mol. The summed E-state index contributed by atoms with van der Waals surface area (Å²) >= 11 is 11.8. The number of hydrogen-bond acceptors (Lipinski definition) is 4. The molecule has 1 amide bonds. The maximum Gasteiger partial charge on any atom is 0.292 e. The van der Waals surface area contributed by atoms with Gasteiger partial charge in [0, 0.05) is 6.20 Å². The summed E-state index contributed by atoms with van der Waals surface area (Å²) in [6.45, 7) is -0.00725. The van der Waals surface area contributed by atoms with E-state index < -0.39 is 41.7 Å². The van der Waals surface area contributed by atoms with E-state index in [4.69, 9.17) is 27.6 Å². The van der Waals surface area contributed by atoms with Crippen LogP contribution in [0.15, 0.2) is 53.1 Å². The number of nitrogens with one attached hydrogen (secondary N) is 1. The van der Waals surface area contributed by atoms with Crippen molar-refractivity contribution in [2.75, 3.05) is 5.32 Å². The third kappa shape index (κ3) is 5.10. The van der Waals surface area contributed by atoms with Gasteiger partial charge in [0.15, 0.2) is 11.6 Å². The van der Waals surface area contributed by atoms with Gasteiger partial charge in [0.05, 0.1) is 18.1 Å². The molecule has 4 rings (SSSR count). The number of nitrogens with zero attached hydrogens (tertiary/aromatic N) is 4. The lowest BCUT2D eigenvalue weighted by atomic mass is 10.2. The summed E-state index contributed by atoms with van der Waals surface area (Å²) in [5.41, 5.74) is -0.843. The zero-order valence-corrected chi connectivity index (χ0v) is 18.6. The highest BCUT2D eigenvalue weighted by Crippen LogP contribution is 2.35. The number of hydrogen-bond donors (Lipinski definition) is 1. The zero-order valence-electron chi connectivity index (χ0n) is 17.1. The molecule has 0 atom stereocenters. The van der Waals surface area contributed by atoms with E-state index in [1.165, 1.54) is 12.1 Å². The molecule has 3 heterocycles. The predicted octanol–water partition coefficient (Wildman–Crippen LogP) is 6.20. The van der Waals surface area contributed by atoms with E-state index in [9.17, 15) is 22.4 Å². The molecule has 4 aromatic rings. The summed E-state index contributed by atoms with van der Waals surface area (Å²) in [5.74, 6) is -0.748. The summed E-state index contributed by atoms with van der Waals surface area (Å²) in [6, 6.07) is 12.1. The van der Waals surface area contributed by atoms with Gasteiger partial charge in [-0.05, 0) is 17.7 Å². The van der Waals surface area contributed by atoms with Crippen LogP contribution < -0.4 is 5.32 Å². The summed E-state index contributed by atoms with van der Waals surface area (Å²) in [5, 5.41) is 9.59. The van der Waals surface area contributed by atoms with E-state index in [-0.39, 0.29) is 22.4 Å². The first-order valence-corrected chi connectivity index (χ1v) is 10.5. The molecule has 13 heteroatoms. The van der Waals surface area contributed by atoms with Crippen LogP contribution in [0, 0.1) is 0 Å². The highest BCUT2D eigenvalue weighted by Gasteiger charge is 2.28. The van der Waals surface area contributed by atoms with Crippen molar-refractivity contribution >= 4 is 34.9 Å². The maximum absolute atomic E-state index is 13.3. The Hall–Kier alpha value is -3.31. The number of amides is 1. The van der Waals surface area contributed by atoms with Gasteiger partial charge in [-0.3, -0.25) is 14.2 Å². The molecular formula is C21H15Cl2F4N5O2. The third-order valence-electron chi connectivity index (χ3n) is 4.70. The number of aromatic nitrogens is 4. The first kappa shape index (κ1) is 23.8. The molecule has 0 unspecified atom stereocenters. The Morgan fingerprint density at radius 2 is 1.74 bits per heavy atom. The molecule has 0 aliphatic rings. The molecule has 0 aliphatic heterocycles. The number of halogens is 6. The van der Waals surface area contributed by atoms with Crippen molar-refractivity contribution in [2.45, 2.75) is 25.9 Å². The van der Waals surface area contributed by atoms with E-state index in [0.29, 0.717) is 11.2 Å². The van der Waals surface area contributed by atoms with Crippen molar-refractivity contribution in [3.8, 4) is 0 Å². The molecule has 0 spiro atoms. The van der Waals surface area contributed by atoms with Gasteiger partial charge in [0.25, 0.3) is 18.8 Å². The van der Waals surface area contributed by atoms with Gasteiger partial charge < -0.3 is 9.73 Å². The summed E-state index contributed by atoms with van der Waals surface area (Å²) in [6.07, 6.45) is -4.72. The lowest BCUT2D eigenvalue weighted by molar-refractivity contribution is 0.0993. The maximum atomic E-state index is 13.3. The molecule has 0 radical (unpaired) electrons. The normalized spacial score (nSPS) is 11.5. The summed E-state index contributed by atoms with van der Waals surface area (Å²) < 4.78 is 60.2. The summed E-state index contributed by atoms with van der Waals surface area (Å²) in [4.78, 5) is 12.5. The van der Waals surface area contributed by atoms with Gasteiger partial charge in [-0.2, -0.15) is 10.2 Å². The minimum Gasteiger partial charge on any atom is -0.454 e. The van der Waals surface area contributed by atoms with Crippen LogP contribution in [0.2, 0.25) is 10.0 Å². The van der Waals surface area contributed by atoms with E-state index in [1.54, 1.807) is 10.9 Å². The molecule has 0 fully saturated rings. The number of carbonyl (C=O) groups excluding carboxylic acids is 1. The van der Waals surface area contributed by atoms with Crippen molar-refractivity contribution in [1.82, 2.24) is 19.6 Å². The van der Waals surface area contributed by atoms with Crippen LogP contribution in [0.4, 0.5) is 23.4 Å². The minimum absolute atomic E-state index is 0.0211. The van der Waals surface area contributed by atoms with Gasteiger partial charge in [0.1, 0.15) is 22.2 Å². The number of rotatable bonds is 8. The van der Waals surface area contributed by atoms with Crippen LogP contribution in [-0.4, -0.2) is 25.5 Å². The lowest BCUT2D eigenvalue weighted by Gasteiger charge is -2.05. The van der Waals surface area contributed by atoms with Crippen molar-refractivity contribution < 1.29 is 26.8 Å². The number of anilines is 1. The second kappa shape index (κ2) is 9.90. The third-order valence-corrected chi connectivity index (χ3v) is 5.36. The van der Waals surface area contributed by atoms with Crippen molar-refractivity contribution in [3.05, 3.63) is 87.2 Å². The van der Waals surface area contributed by atoms with E-state index >= 15 is 0 Å². The largest absolute Gasteiger partial charge is 0.454 e. The second-order valence-electron chi connectivity index (χ2n) is 7.07. The van der Waals surface area contributed by atoms with E-state index in [2.05, 4.69) is 15.5 Å². The Kier molecular flexibility index (Phi) is 6.94. The monoisotopic (exact) mass is 515 g/mol. The van der Waals surface area contributed by atoms with Gasteiger partial charge in [0.2, 0.25) is 0 Å². The topological polar surface area (TPSA) is 77.9 Å². The Balaban J connectivity index is 1.47. The fourth-order valence-electron chi connectivity index (χ4n) is 3.18. The summed E-state index contributed by atoms with van der Waals surface area (Å²) in [7, 11) is 0. The number of furan rings is 1. The van der Waals surface area contributed by atoms with Crippen molar-refractivity contribution in [2.24, 2.45) is 0 Å². The molecule has 3 aromatic heterocycles. The van der Waals surface area contributed by atoms with Crippen LogP contribution in [-0.2, 0) is 13.1 Å². The Morgan fingerprint density at radius 1 is 1.00 bits per heavy atom. The highest BCUT2D eigenvalue weighted by molar-refractivity contribution is 6.33. The zero-order chi connectivity index (χ0) is 24.4. The molecule has 1 aromatic carbocycles. The molecule has 178 valence electrons. The van der Waals surface area contributed by atoms with Gasteiger partial charge in [-0.15, -0.1) is 0 Å². The second-order valence-corrected chi connectivity index (χ2v) is 7.86. The highest BCUT2D eigenvalue weighted by atomic mass is 35.5. The lowest BCUT2D eigenvalue weighted by Crippen LogP contribution is -2.12. The van der Waals surface area contributed by atoms with E-state index in [1.807, 2.05) is 30.3 Å². The first-order chi connectivity index (χ1) is 16.2. The van der Waals surface area contributed by atoms with E-state index in [0.717, 1.165) is 5.56 Å². The molecular weight excluding hydrogens is 501 g/mol. The number of alkyl halides is 4. The van der Waals surface area contributed by atoms with Crippen LogP contribution in [0.3, 0.4) is 0 Å². The smallest absolute Gasteiger partial charge is 0.292 e. The number of benzene rings is 1. The SMILES string of the molecule is O=C(Nc1nn(Cc2ccccc2)cc1Cl)c1ccc(Cn2nc(C(F)F)c(Cl)c2C(F)F)o1. The van der Waals surface area contributed by atoms with Gasteiger partial charge >= 0.3 is 0 Å². The van der Waals surface area contributed by atoms with Crippen LogP contribution in [0.5, 0.6) is 0 Å². The van der Waals surface area contributed by atoms with Gasteiger partial charge in [-0.1, -0.05) is 53.5 Å².